The van der Waals surface area contributed by atoms with E-state index in [0.29, 0.717) is 12.2 Å². The number of nitrogens with one attached hydrogen (secondary N) is 2. The maximum absolute atomic E-state index is 12.0. The van der Waals surface area contributed by atoms with E-state index in [1.165, 1.54) is 11.1 Å². The highest BCUT2D eigenvalue weighted by Gasteiger charge is 2.30. The first-order valence-corrected chi connectivity index (χ1v) is 7.16. The van der Waals surface area contributed by atoms with Gasteiger partial charge < -0.3 is 4.90 Å². The average molecular weight is 301 g/mol. The van der Waals surface area contributed by atoms with Crippen molar-refractivity contribution in [1.29, 1.82) is 0 Å². The smallest absolute Gasteiger partial charge is 0.264 e. The van der Waals surface area contributed by atoms with E-state index in [1.54, 1.807) is 6.92 Å². The number of carbonyl (C=O) groups is 2. The first kappa shape index (κ1) is 13.8. The Balaban J connectivity index is 1.90. The van der Waals surface area contributed by atoms with Crippen LogP contribution in [0.1, 0.15) is 18.1 Å². The van der Waals surface area contributed by atoms with Crippen molar-refractivity contribution in [3.8, 4) is 0 Å². The molecule has 3 rings (SSSR count). The summed E-state index contributed by atoms with van der Waals surface area (Å²) in [7, 11) is 0. The standard InChI is InChI=1S/C15H15N3O2S/c1-9(12-13(19)16-15(21)17-14(12)20)18-7-6-10-4-2-3-5-11(10)8-18/h2-5H,6-8H2,1H3,(H2,16,17,19,20,21). The lowest BCUT2D eigenvalue weighted by Crippen LogP contribution is -2.52. The zero-order valence-corrected chi connectivity index (χ0v) is 12.4. The van der Waals surface area contributed by atoms with Crippen molar-refractivity contribution in [2.45, 2.75) is 19.9 Å². The molecule has 1 fully saturated rings. The van der Waals surface area contributed by atoms with Crippen molar-refractivity contribution in [2.24, 2.45) is 0 Å². The molecule has 21 heavy (non-hydrogen) atoms. The van der Waals surface area contributed by atoms with Crippen LogP contribution < -0.4 is 10.6 Å². The second-order valence-corrected chi connectivity index (χ2v) is 5.55. The molecule has 2 heterocycles. The van der Waals surface area contributed by atoms with Crippen molar-refractivity contribution >= 4 is 29.1 Å². The largest absolute Gasteiger partial charge is 0.370 e. The molecule has 1 aromatic carbocycles. The van der Waals surface area contributed by atoms with Gasteiger partial charge in [0.05, 0.1) is 0 Å². The van der Waals surface area contributed by atoms with Gasteiger partial charge in [-0.15, -0.1) is 0 Å². The molecule has 0 atom stereocenters. The van der Waals surface area contributed by atoms with Crippen LogP contribution in [0.5, 0.6) is 0 Å². The number of nitrogens with zero attached hydrogens (tertiary/aromatic N) is 1. The molecule has 0 saturated carbocycles. The molecule has 2 aliphatic rings. The van der Waals surface area contributed by atoms with E-state index in [9.17, 15) is 9.59 Å². The molecule has 2 N–H and O–H groups in total. The van der Waals surface area contributed by atoms with Gasteiger partial charge in [-0.25, -0.2) is 0 Å². The summed E-state index contributed by atoms with van der Waals surface area (Å²) in [6, 6.07) is 8.23. The van der Waals surface area contributed by atoms with Crippen molar-refractivity contribution in [3.63, 3.8) is 0 Å². The van der Waals surface area contributed by atoms with Gasteiger partial charge in [-0.2, -0.15) is 0 Å². The number of allylic oxidation sites excluding steroid dienone is 1. The van der Waals surface area contributed by atoms with Gasteiger partial charge in [0.15, 0.2) is 5.11 Å². The Morgan fingerprint density at radius 1 is 1.14 bits per heavy atom. The molecule has 0 bridgehead atoms. The van der Waals surface area contributed by atoms with Gasteiger partial charge in [-0.3, -0.25) is 20.2 Å². The van der Waals surface area contributed by atoms with Gasteiger partial charge in [0.1, 0.15) is 5.57 Å². The Kier molecular flexibility index (Phi) is 3.47. The van der Waals surface area contributed by atoms with E-state index in [-0.39, 0.29) is 10.7 Å². The van der Waals surface area contributed by atoms with E-state index >= 15 is 0 Å². The molecular formula is C15H15N3O2S. The van der Waals surface area contributed by atoms with Crippen LogP contribution in [-0.2, 0) is 22.6 Å². The molecule has 0 aromatic heterocycles. The first-order valence-electron chi connectivity index (χ1n) is 6.75. The lowest BCUT2D eigenvalue weighted by molar-refractivity contribution is -0.123. The summed E-state index contributed by atoms with van der Waals surface area (Å²) < 4.78 is 0. The number of carbonyl (C=O) groups excluding carboxylic acids is 2. The number of hydrogen-bond donors (Lipinski definition) is 2. The molecular weight excluding hydrogens is 286 g/mol. The van der Waals surface area contributed by atoms with Gasteiger partial charge in [0.25, 0.3) is 11.8 Å². The average Bonchev–Trinajstić information content (AvgIpc) is 2.45. The summed E-state index contributed by atoms with van der Waals surface area (Å²) in [5, 5.41) is 5.01. The lowest BCUT2D eigenvalue weighted by atomic mass is 9.98. The maximum atomic E-state index is 12.0. The molecule has 2 amide bonds. The SMILES string of the molecule is CC(=C1C(=O)NC(=S)NC1=O)N1CCc2ccccc2C1. The van der Waals surface area contributed by atoms with Crippen LogP contribution in [-0.4, -0.2) is 28.4 Å². The Labute approximate surface area is 128 Å². The van der Waals surface area contributed by atoms with Crippen molar-refractivity contribution in [1.82, 2.24) is 15.5 Å². The van der Waals surface area contributed by atoms with Crippen LogP contribution in [0.15, 0.2) is 35.5 Å². The van der Waals surface area contributed by atoms with E-state index in [4.69, 9.17) is 12.2 Å². The number of hydrogen-bond acceptors (Lipinski definition) is 4. The molecule has 2 aliphatic heterocycles. The number of thiocarbonyl (C=S) groups is 1. The fourth-order valence-electron chi connectivity index (χ4n) is 2.73. The minimum absolute atomic E-state index is 0.0607. The number of benzene rings is 1. The van der Waals surface area contributed by atoms with Crippen molar-refractivity contribution in [2.75, 3.05) is 6.54 Å². The second-order valence-electron chi connectivity index (χ2n) is 5.14. The van der Waals surface area contributed by atoms with Crippen molar-refractivity contribution < 1.29 is 9.59 Å². The third-order valence-electron chi connectivity index (χ3n) is 3.88. The first-order chi connectivity index (χ1) is 10.1. The Bertz CT molecular complexity index is 659. The molecule has 6 heteroatoms. The Morgan fingerprint density at radius 2 is 1.76 bits per heavy atom. The van der Waals surface area contributed by atoms with E-state index in [2.05, 4.69) is 27.7 Å². The minimum Gasteiger partial charge on any atom is -0.370 e. The number of amides is 2. The molecule has 108 valence electrons. The predicted molar refractivity (Wildman–Crippen MR) is 82.1 cm³/mol. The minimum atomic E-state index is -0.430. The molecule has 1 aromatic rings. The number of rotatable bonds is 1. The normalized spacial score (nSPS) is 18.0. The quantitative estimate of drug-likeness (QED) is 0.459. The van der Waals surface area contributed by atoms with E-state index in [1.807, 2.05) is 12.1 Å². The maximum Gasteiger partial charge on any atom is 0.264 e. The summed E-state index contributed by atoms with van der Waals surface area (Å²) >= 11 is 4.81. The fourth-order valence-corrected chi connectivity index (χ4v) is 2.92. The van der Waals surface area contributed by atoms with Crippen LogP contribution in [0.25, 0.3) is 0 Å². The van der Waals surface area contributed by atoms with E-state index in [0.717, 1.165) is 13.0 Å². The Morgan fingerprint density at radius 3 is 2.43 bits per heavy atom. The predicted octanol–water partition coefficient (Wildman–Crippen LogP) is 0.850. The van der Waals surface area contributed by atoms with Crippen LogP contribution >= 0.6 is 12.2 Å². The zero-order valence-electron chi connectivity index (χ0n) is 11.6. The molecule has 0 spiro atoms. The Hall–Kier alpha value is -2.21. The second kappa shape index (κ2) is 5.29. The highest BCUT2D eigenvalue weighted by atomic mass is 32.1. The summed E-state index contributed by atoms with van der Waals surface area (Å²) in [4.78, 5) is 26.1. The molecule has 0 aliphatic carbocycles. The summed E-state index contributed by atoms with van der Waals surface area (Å²) in [6.45, 7) is 3.30. The van der Waals surface area contributed by atoms with Gasteiger partial charge in [0.2, 0.25) is 0 Å². The molecule has 5 nitrogen and oxygen atoms in total. The third kappa shape index (κ3) is 2.54. The van der Waals surface area contributed by atoms with Gasteiger partial charge in [0, 0.05) is 18.8 Å². The molecule has 1 saturated heterocycles. The summed E-state index contributed by atoms with van der Waals surface area (Å²) in [5.74, 6) is -0.861. The van der Waals surface area contributed by atoms with Gasteiger partial charge in [-0.05, 0) is 36.7 Å². The number of fused-ring (bicyclic) bond motifs is 1. The third-order valence-corrected chi connectivity index (χ3v) is 4.08. The summed E-state index contributed by atoms with van der Waals surface area (Å²) in [6.07, 6.45) is 0.905. The lowest BCUT2D eigenvalue weighted by Gasteiger charge is -2.33. The molecule has 0 radical (unpaired) electrons. The highest BCUT2D eigenvalue weighted by Crippen LogP contribution is 2.23. The van der Waals surface area contributed by atoms with Crippen LogP contribution in [0.3, 0.4) is 0 Å². The van der Waals surface area contributed by atoms with Gasteiger partial charge >= 0.3 is 0 Å². The monoisotopic (exact) mass is 301 g/mol. The fraction of sp³-hybridized carbons (Fsp3) is 0.267. The van der Waals surface area contributed by atoms with E-state index < -0.39 is 11.8 Å². The van der Waals surface area contributed by atoms with Gasteiger partial charge in [-0.1, -0.05) is 24.3 Å². The van der Waals surface area contributed by atoms with Crippen LogP contribution in [0.4, 0.5) is 0 Å². The van der Waals surface area contributed by atoms with Crippen LogP contribution in [0, 0.1) is 0 Å². The topological polar surface area (TPSA) is 61.4 Å². The van der Waals surface area contributed by atoms with Crippen molar-refractivity contribution in [3.05, 3.63) is 46.7 Å². The van der Waals surface area contributed by atoms with Crippen LogP contribution in [0.2, 0.25) is 0 Å². The summed E-state index contributed by atoms with van der Waals surface area (Å²) in [5.41, 5.74) is 3.38. The molecule has 0 unspecified atom stereocenters. The zero-order chi connectivity index (χ0) is 15.0. The highest BCUT2D eigenvalue weighted by molar-refractivity contribution is 7.80.